The van der Waals surface area contributed by atoms with Gasteiger partial charge in [0.15, 0.2) is 0 Å². The number of nitrogens with one attached hydrogen (secondary N) is 1. The van der Waals surface area contributed by atoms with E-state index in [-0.39, 0.29) is 22.2 Å². The molecule has 0 fully saturated rings. The first kappa shape index (κ1) is 15.6. The molecule has 0 radical (unpaired) electrons. The number of aryl methyl sites for hydroxylation is 2. The summed E-state index contributed by atoms with van der Waals surface area (Å²) >= 11 is 0. The van der Waals surface area contributed by atoms with Gasteiger partial charge in [0.05, 0.1) is 9.82 Å². The number of nitrogens with zero attached hydrogens (tertiary/aromatic N) is 1. The van der Waals surface area contributed by atoms with E-state index in [9.17, 15) is 18.5 Å². The molecule has 1 N–H and O–H groups in total. The zero-order chi connectivity index (χ0) is 15.0. The number of hydrogen-bond acceptors (Lipinski definition) is 4. The van der Waals surface area contributed by atoms with E-state index in [1.54, 1.807) is 27.7 Å². The maximum atomic E-state index is 12.2. The third kappa shape index (κ3) is 3.10. The maximum absolute atomic E-state index is 12.2. The lowest BCUT2D eigenvalue weighted by Crippen LogP contribution is -2.31. The average molecular weight is 286 g/mol. The first-order valence-corrected chi connectivity index (χ1v) is 7.33. The van der Waals surface area contributed by atoms with Crippen LogP contribution in [-0.4, -0.2) is 19.4 Å². The van der Waals surface area contributed by atoms with Gasteiger partial charge in [-0.3, -0.25) is 10.1 Å². The van der Waals surface area contributed by atoms with Gasteiger partial charge in [-0.2, -0.15) is 0 Å². The monoisotopic (exact) mass is 286 g/mol. The smallest absolute Gasteiger partial charge is 0.258 e. The fourth-order valence-electron chi connectivity index (χ4n) is 2.22. The van der Waals surface area contributed by atoms with Crippen LogP contribution in [0.15, 0.2) is 11.0 Å². The van der Waals surface area contributed by atoms with Gasteiger partial charge in [-0.15, -0.1) is 0 Å². The molecule has 0 bridgehead atoms. The van der Waals surface area contributed by atoms with Gasteiger partial charge in [0.2, 0.25) is 10.0 Å². The Bertz CT molecular complexity index is 621. The highest BCUT2D eigenvalue weighted by Gasteiger charge is 2.27. The van der Waals surface area contributed by atoms with Crippen molar-refractivity contribution >= 4 is 15.7 Å². The molecule has 0 unspecified atom stereocenters. The van der Waals surface area contributed by atoms with Crippen LogP contribution >= 0.6 is 0 Å². The summed E-state index contributed by atoms with van der Waals surface area (Å²) in [7, 11) is -3.75. The van der Waals surface area contributed by atoms with E-state index in [1.165, 1.54) is 13.0 Å². The van der Waals surface area contributed by atoms with Gasteiger partial charge in [-0.05, 0) is 46.2 Å². The predicted molar refractivity (Wildman–Crippen MR) is 72.8 cm³/mol. The molecule has 0 atom stereocenters. The van der Waals surface area contributed by atoms with Crippen molar-refractivity contribution in [2.45, 2.75) is 45.6 Å². The Hall–Kier alpha value is -1.47. The Labute approximate surface area is 113 Å². The summed E-state index contributed by atoms with van der Waals surface area (Å²) in [6.45, 7) is 8.10. The van der Waals surface area contributed by atoms with Gasteiger partial charge >= 0.3 is 0 Å². The van der Waals surface area contributed by atoms with E-state index in [0.717, 1.165) is 0 Å². The van der Waals surface area contributed by atoms with Gasteiger partial charge < -0.3 is 0 Å². The minimum absolute atomic E-state index is 0.00139. The Balaban J connectivity index is 3.62. The predicted octanol–water partition coefficient (Wildman–Crippen LogP) is 2.21. The Morgan fingerprint density at radius 2 is 1.74 bits per heavy atom. The molecule has 0 saturated heterocycles. The van der Waals surface area contributed by atoms with Crippen molar-refractivity contribution < 1.29 is 13.3 Å². The number of sulfonamides is 1. The summed E-state index contributed by atoms with van der Waals surface area (Å²) in [4.78, 5) is 10.5. The number of nitro groups is 1. The normalized spacial score (nSPS) is 11.9. The van der Waals surface area contributed by atoms with Crippen LogP contribution in [0.5, 0.6) is 0 Å². The second-order valence-electron chi connectivity index (χ2n) is 4.85. The zero-order valence-electron chi connectivity index (χ0n) is 11.6. The lowest BCUT2D eigenvalue weighted by atomic mass is 10.1. The van der Waals surface area contributed by atoms with Crippen LogP contribution in [0.2, 0.25) is 0 Å². The van der Waals surface area contributed by atoms with E-state index in [4.69, 9.17) is 0 Å². The summed E-state index contributed by atoms with van der Waals surface area (Å²) < 4.78 is 26.9. The SMILES string of the molecule is Cc1cc(C)c(S(=O)(=O)NC(C)C)c(C)c1[N+](=O)[O-]. The van der Waals surface area contributed by atoms with Crippen LogP contribution in [0.25, 0.3) is 0 Å². The maximum Gasteiger partial charge on any atom is 0.276 e. The molecule has 1 rings (SSSR count). The average Bonchev–Trinajstić information content (AvgIpc) is 2.11. The fraction of sp³-hybridized carbons (Fsp3) is 0.500. The third-order valence-electron chi connectivity index (χ3n) is 2.70. The second-order valence-corrected chi connectivity index (χ2v) is 6.50. The molecule has 6 nitrogen and oxygen atoms in total. The third-order valence-corrected chi connectivity index (χ3v) is 4.65. The Kier molecular flexibility index (Phi) is 4.32. The molecule has 0 aromatic heterocycles. The topological polar surface area (TPSA) is 89.3 Å². The van der Waals surface area contributed by atoms with E-state index < -0.39 is 14.9 Å². The molecule has 0 saturated carbocycles. The van der Waals surface area contributed by atoms with Crippen LogP contribution in [0.3, 0.4) is 0 Å². The molecule has 0 aliphatic carbocycles. The first-order chi connectivity index (χ1) is 8.58. The molecule has 19 heavy (non-hydrogen) atoms. The Morgan fingerprint density at radius 1 is 1.21 bits per heavy atom. The first-order valence-electron chi connectivity index (χ1n) is 5.85. The standard InChI is InChI=1S/C12H18N2O4S/c1-7(2)13-19(17,18)12-9(4)6-8(3)11(10(12)5)14(15)16/h6-7,13H,1-5H3. The van der Waals surface area contributed by atoms with Gasteiger partial charge in [0, 0.05) is 17.2 Å². The van der Waals surface area contributed by atoms with Crippen LogP contribution in [0, 0.1) is 30.9 Å². The van der Waals surface area contributed by atoms with Gasteiger partial charge in [-0.1, -0.05) is 0 Å². The van der Waals surface area contributed by atoms with E-state index in [0.29, 0.717) is 11.1 Å². The molecule has 0 aliphatic heterocycles. The molecule has 0 aliphatic rings. The molecule has 0 amide bonds. The van der Waals surface area contributed by atoms with Gasteiger partial charge in [0.25, 0.3) is 5.69 Å². The number of rotatable bonds is 4. The molecular weight excluding hydrogens is 268 g/mol. The van der Waals surface area contributed by atoms with Crippen LogP contribution in [0.1, 0.15) is 30.5 Å². The van der Waals surface area contributed by atoms with Crippen molar-refractivity contribution in [3.05, 3.63) is 32.9 Å². The van der Waals surface area contributed by atoms with E-state index in [1.807, 2.05) is 0 Å². The van der Waals surface area contributed by atoms with Crippen molar-refractivity contribution in [2.24, 2.45) is 0 Å². The van der Waals surface area contributed by atoms with Crippen molar-refractivity contribution in [3.8, 4) is 0 Å². The summed E-state index contributed by atoms with van der Waals surface area (Å²) in [5.41, 5.74) is 1.00. The largest absolute Gasteiger partial charge is 0.276 e. The number of nitro benzene ring substituents is 1. The molecular formula is C12H18N2O4S. The number of benzene rings is 1. The summed E-state index contributed by atoms with van der Waals surface area (Å²) in [5.74, 6) is 0. The van der Waals surface area contributed by atoms with Crippen LogP contribution in [0.4, 0.5) is 5.69 Å². The summed E-state index contributed by atoms with van der Waals surface area (Å²) in [5, 5.41) is 11.0. The van der Waals surface area contributed by atoms with Crippen LogP contribution in [-0.2, 0) is 10.0 Å². The van der Waals surface area contributed by atoms with Gasteiger partial charge in [-0.25, -0.2) is 13.1 Å². The second kappa shape index (κ2) is 5.26. The molecule has 0 heterocycles. The Morgan fingerprint density at radius 3 is 2.16 bits per heavy atom. The van der Waals surface area contributed by atoms with Crippen molar-refractivity contribution in [2.75, 3.05) is 0 Å². The minimum Gasteiger partial charge on any atom is -0.258 e. The number of hydrogen-bond donors (Lipinski definition) is 1. The molecule has 1 aromatic rings. The van der Waals surface area contributed by atoms with E-state index in [2.05, 4.69) is 4.72 Å². The highest BCUT2D eigenvalue weighted by atomic mass is 32.2. The van der Waals surface area contributed by atoms with Crippen molar-refractivity contribution in [1.82, 2.24) is 4.72 Å². The van der Waals surface area contributed by atoms with Crippen molar-refractivity contribution in [3.63, 3.8) is 0 Å². The zero-order valence-corrected chi connectivity index (χ0v) is 12.5. The fourth-order valence-corrected chi connectivity index (χ4v) is 3.94. The summed E-state index contributed by atoms with van der Waals surface area (Å²) in [6.07, 6.45) is 0. The molecule has 106 valence electrons. The molecule has 1 aromatic carbocycles. The van der Waals surface area contributed by atoms with Crippen LogP contribution < -0.4 is 4.72 Å². The van der Waals surface area contributed by atoms with Gasteiger partial charge in [0.1, 0.15) is 0 Å². The highest BCUT2D eigenvalue weighted by molar-refractivity contribution is 7.89. The minimum atomic E-state index is -3.75. The van der Waals surface area contributed by atoms with Crippen molar-refractivity contribution in [1.29, 1.82) is 0 Å². The quantitative estimate of drug-likeness (QED) is 0.678. The molecule has 7 heteroatoms. The molecule has 0 spiro atoms. The lowest BCUT2D eigenvalue weighted by molar-refractivity contribution is -0.386. The lowest BCUT2D eigenvalue weighted by Gasteiger charge is -2.15. The summed E-state index contributed by atoms with van der Waals surface area (Å²) in [6, 6.07) is 1.25. The van der Waals surface area contributed by atoms with E-state index >= 15 is 0 Å². The highest BCUT2D eigenvalue weighted by Crippen LogP contribution is 2.31.